The molecule has 0 unspecified atom stereocenters. The van der Waals surface area contributed by atoms with Crippen molar-refractivity contribution in [2.45, 2.75) is 39.0 Å². The van der Waals surface area contributed by atoms with Gasteiger partial charge in [0, 0.05) is 12.8 Å². The molecule has 0 heterocycles. The summed E-state index contributed by atoms with van der Waals surface area (Å²) in [6.07, 6.45) is 3.07. The van der Waals surface area contributed by atoms with E-state index >= 15 is 0 Å². The van der Waals surface area contributed by atoms with Crippen molar-refractivity contribution in [3.63, 3.8) is 0 Å². The number of esters is 1. The molecule has 0 saturated carbocycles. The fourth-order valence-electron chi connectivity index (χ4n) is 0.842. The first-order chi connectivity index (χ1) is 5.70. The maximum absolute atomic E-state index is 11.0. The van der Waals surface area contributed by atoms with Crippen molar-refractivity contribution in [1.82, 2.24) is 0 Å². The van der Waals surface area contributed by atoms with Crippen molar-refractivity contribution >= 4 is 11.8 Å². The van der Waals surface area contributed by atoms with Gasteiger partial charge in [-0.3, -0.25) is 9.59 Å². The van der Waals surface area contributed by atoms with Gasteiger partial charge in [0.05, 0.1) is 13.5 Å². The molecule has 0 atom stereocenters. The number of ether oxygens (including phenoxy) is 1. The third-order valence-corrected chi connectivity index (χ3v) is 1.64. The molecule has 0 radical (unpaired) electrons. The summed E-state index contributed by atoms with van der Waals surface area (Å²) in [5.41, 5.74) is 0. The van der Waals surface area contributed by atoms with Crippen LogP contribution in [0.1, 0.15) is 39.0 Å². The summed E-state index contributed by atoms with van der Waals surface area (Å²) in [6, 6.07) is 0. The van der Waals surface area contributed by atoms with Crippen LogP contribution in [0.2, 0.25) is 0 Å². The third kappa shape index (κ3) is 5.89. The predicted octanol–water partition coefficient (Wildman–Crippen LogP) is 1.70. The molecule has 0 bridgehead atoms. The van der Waals surface area contributed by atoms with E-state index in [1.807, 2.05) is 6.92 Å². The van der Waals surface area contributed by atoms with E-state index in [1.165, 1.54) is 7.11 Å². The van der Waals surface area contributed by atoms with E-state index in [0.29, 0.717) is 12.8 Å². The summed E-state index contributed by atoms with van der Waals surface area (Å²) >= 11 is 0. The highest BCUT2D eigenvalue weighted by Gasteiger charge is 2.05. The van der Waals surface area contributed by atoms with Gasteiger partial charge in [-0.1, -0.05) is 13.3 Å². The Bertz CT molecular complexity index is 152. The molecular formula is C9H16O3. The van der Waals surface area contributed by atoms with Crippen LogP contribution in [0.4, 0.5) is 0 Å². The normalized spacial score (nSPS) is 9.50. The van der Waals surface area contributed by atoms with Crippen molar-refractivity contribution in [2.24, 2.45) is 0 Å². The van der Waals surface area contributed by atoms with Gasteiger partial charge < -0.3 is 4.74 Å². The molecule has 0 saturated heterocycles. The molecule has 0 aliphatic carbocycles. The van der Waals surface area contributed by atoms with Gasteiger partial charge in [0.2, 0.25) is 0 Å². The predicted molar refractivity (Wildman–Crippen MR) is 45.8 cm³/mol. The lowest BCUT2D eigenvalue weighted by molar-refractivity contribution is -0.141. The number of Topliss-reactive ketones (excluding diaryl/α,β-unsaturated/α-hetero) is 1. The zero-order valence-corrected chi connectivity index (χ0v) is 7.76. The molecular weight excluding hydrogens is 156 g/mol. The summed E-state index contributed by atoms with van der Waals surface area (Å²) in [5, 5.41) is 0. The van der Waals surface area contributed by atoms with E-state index in [2.05, 4.69) is 4.74 Å². The molecule has 3 nitrogen and oxygen atoms in total. The molecule has 0 fully saturated rings. The lowest BCUT2D eigenvalue weighted by atomic mass is 10.1. The summed E-state index contributed by atoms with van der Waals surface area (Å²) in [7, 11) is 1.33. The number of carbonyl (C=O) groups excluding carboxylic acids is 2. The second-order valence-electron chi connectivity index (χ2n) is 2.72. The molecule has 0 spiro atoms. The van der Waals surface area contributed by atoms with E-state index in [9.17, 15) is 9.59 Å². The Morgan fingerprint density at radius 3 is 2.33 bits per heavy atom. The molecule has 0 aliphatic heterocycles. The second-order valence-corrected chi connectivity index (χ2v) is 2.72. The average molecular weight is 172 g/mol. The SMILES string of the molecule is CCCCC(=O)CCC(=O)OC. The molecule has 0 amide bonds. The van der Waals surface area contributed by atoms with Gasteiger partial charge >= 0.3 is 5.97 Å². The van der Waals surface area contributed by atoms with E-state index in [4.69, 9.17) is 0 Å². The van der Waals surface area contributed by atoms with Crippen LogP contribution in [0.5, 0.6) is 0 Å². The maximum Gasteiger partial charge on any atom is 0.305 e. The van der Waals surface area contributed by atoms with Gasteiger partial charge in [0.25, 0.3) is 0 Å². The Morgan fingerprint density at radius 2 is 1.83 bits per heavy atom. The highest BCUT2D eigenvalue weighted by molar-refractivity contribution is 5.82. The Balaban J connectivity index is 3.37. The first-order valence-corrected chi connectivity index (χ1v) is 4.29. The minimum Gasteiger partial charge on any atom is -0.469 e. The summed E-state index contributed by atoms with van der Waals surface area (Å²) in [6.45, 7) is 2.04. The number of carbonyl (C=O) groups is 2. The van der Waals surface area contributed by atoms with E-state index in [-0.39, 0.29) is 18.2 Å². The fraction of sp³-hybridized carbons (Fsp3) is 0.778. The standard InChI is InChI=1S/C9H16O3/c1-3-4-5-8(10)6-7-9(11)12-2/h3-7H2,1-2H3. The number of rotatable bonds is 6. The van der Waals surface area contributed by atoms with Crippen LogP contribution in [-0.4, -0.2) is 18.9 Å². The van der Waals surface area contributed by atoms with Crippen molar-refractivity contribution in [2.75, 3.05) is 7.11 Å². The molecule has 0 rings (SSSR count). The lowest BCUT2D eigenvalue weighted by Gasteiger charge is -1.98. The summed E-state index contributed by atoms with van der Waals surface area (Å²) < 4.78 is 4.41. The monoisotopic (exact) mass is 172 g/mol. The summed E-state index contributed by atoms with van der Waals surface area (Å²) in [4.78, 5) is 21.6. The van der Waals surface area contributed by atoms with E-state index in [0.717, 1.165) is 12.8 Å². The average Bonchev–Trinajstić information content (AvgIpc) is 2.10. The van der Waals surface area contributed by atoms with Gasteiger partial charge in [-0.2, -0.15) is 0 Å². The molecule has 0 N–H and O–H groups in total. The zero-order valence-electron chi connectivity index (χ0n) is 7.76. The maximum atomic E-state index is 11.0. The van der Waals surface area contributed by atoms with Gasteiger partial charge in [0.1, 0.15) is 5.78 Å². The van der Waals surface area contributed by atoms with Gasteiger partial charge in [-0.05, 0) is 6.42 Å². The molecule has 0 aromatic heterocycles. The highest BCUT2D eigenvalue weighted by Crippen LogP contribution is 2.01. The third-order valence-electron chi connectivity index (χ3n) is 1.64. The van der Waals surface area contributed by atoms with Crippen molar-refractivity contribution in [1.29, 1.82) is 0 Å². The molecule has 0 aliphatic rings. The summed E-state index contributed by atoms with van der Waals surface area (Å²) in [5.74, 6) is -0.151. The van der Waals surface area contributed by atoms with Crippen molar-refractivity contribution in [3.8, 4) is 0 Å². The largest absolute Gasteiger partial charge is 0.469 e. The first-order valence-electron chi connectivity index (χ1n) is 4.29. The first kappa shape index (κ1) is 11.1. The van der Waals surface area contributed by atoms with Crippen LogP contribution < -0.4 is 0 Å². The minimum absolute atomic E-state index is 0.155. The molecule has 0 aromatic carbocycles. The van der Waals surface area contributed by atoms with Crippen molar-refractivity contribution < 1.29 is 14.3 Å². The van der Waals surface area contributed by atoms with Gasteiger partial charge in [-0.15, -0.1) is 0 Å². The zero-order chi connectivity index (χ0) is 9.40. The topological polar surface area (TPSA) is 43.4 Å². The number of hydrogen-bond acceptors (Lipinski definition) is 3. The van der Waals surface area contributed by atoms with Crippen LogP contribution in [0, 0.1) is 0 Å². The van der Waals surface area contributed by atoms with Crippen LogP contribution in [0.15, 0.2) is 0 Å². The minimum atomic E-state index is -0.306. The quantitative estimate of drug-likeness (QED) is 0.573. The van der Waals surface area contributed by atoms with Crippen LogP contribution in [0.25, 0.3) is 0 Å². The lowest BCUT2D eigenvalue weighted by Crippen LogP contribution is -2.05. The highest BCUT2D eigenvalue weighted by atomic mass is 16.5. The second kappa shape index (κ2) is 6.83. The van der Waals surface area contributed by atoms with Crippen LogP contribution in [0.3, 0.4) is 0 Å². The number of ketones is 1. The molecule has 12 heavy (non-hydrogen) atoms. The Kier molecular flexibility index (Phi) is 6.34. The molecule has 0 aromatic rings. The van der Waals surface area contributed by atoms with Crippen molar-refractivity contribution in [3.05, 3.63) is 0 Å². The smallest absolute Gasteiger partial charge is 0.305 e. The fourth-order valence-corrected chi connectivity index (χ4v) is 0.842. The van der Waals surface area contributed by atoms with Gasteiger partial charge in [0.15, 0.2) is 0 Å². The number of unbranched alkanes of at least 4 members (excludes halogenated alkanes) is 1. The Labute approximate surface area is 73.1 Å². The van der Waals surface area contributed by atoms with E-state index < -0.39 is 0 Å². The molecule has 3 heteroatoms. The Morgan fingerprint density at radius 1 is 1.17 bits per heavy atom. The molecule has 70 valence electrons. The van der Waals surface area contributed by atoms with Gasteiger partial charge in [-0.25, -0.2) is 0 Å². The Hall–Kier alpha value is -0.860. The number of methoxy groups -OCH3 is 1. The van der Waals surface area contributed by atoms with Crippen LogP contribution >= 0.6 is 0 Å². The number of hydrogen-bond donors (Lipinski definition) is 0. The van der Waals surface area contributed by atoms with E-state index in [1.54, 1.807) is 0 Å². The van der Waals surface area contributed by atoms with Crippen LogP contribution in [-0.2, 0) is 14.3 Å².